The summed E-state index contributed by atoms with van der Waals surface area (Å²) in [6.45, 7) is 2.94. The van der Waals surface area contributed by atoms with Gasteiger partial charge in [-0.2, -0.15) is 0 Å². The van der Waals surface area contributed by atoms with Gasteiger partial charge in [-0.15, -0.1) is 0 Å². The fourth-order valence-corrected chi connectivity index (χ4v) is 3.17. The van der Waals surface area contributed by atoms with E-state index in [1.165, 1.54) is 5.39 Å². The third-order valence-corrected chi connectivity index (χ3v) is 4.64. The summed E-state index contributed by atoms with van der Waals surface area (Å²) in [6.07, 6.45) is 9.51. The summed E-state index contributed by atoms with van der Waals surface area (Å²) in [5.41, 5.74) is 1.05. The lowest BCUT2D eigenvalue weighted by molar-refractivity contribution is -0.137. The molecule has 24 heavy (non-hydrogen) atoms. The molecule has 0 saturated heterocycles. The molecule has 3 nitrogen and oxygen atoms in total. The molecule has 2 N–H and O–H groups in total. The average Bonchev–Trinajstić information content (AvgIpc) is 2.58. The van der Waals surface area contributed by atoms with Gasteiger partial charge in [0.15, 0.2) is 0 Å². The lowest BCUT2D eigenvalue weighted by Crippen LogP contribution is -2.34. The Hall–Kier alpha value is -2.39. The van der Waals surface area contributed by atoms with Crippen LogP contribution >= 0.6 is 0 Å². The first-order valence-electron chi connectivity index (χ1n) is 8.34. The molecule has 1 aliphatic rings. The van der Waals surface area contributed by atoms with Crippen LogP contribution in [-0.4, -0.2) is 17.6 Å². The van der Waals surface area contributed by atoms with Crippen molar-refractivity contribution in [3.05, 3.63) is 72.3 Å². The average molecular weight is 321 g/mol. The molecule has 0 radical (unpaired) electrons. The third-order valence-electron chi connectivity index (χ3n) is 4.64. The van der Waals surface area contributed by atoms with E-state index in [0.717, 1.165) is 23.9 Å². The number of carboxylic acids is 1. The lowest BCUT2D eigenvalue weighted by Gasteiger charge is -2.29. The number of rotatable bonds is 6. The minimum Gasteiger partial charge on any atom is -0.481 e. The van der Waals surface area contributed by atoms with E-state index in [1.807, 2.05) is 18.2 Å². The summed E-state index contributed by atoms with van der Waals surface area (Å²) < 4.78 is 0. The predicted molar refractivity (Wildman–Crippen MR) is 97.9 cm³/mol. The van der Waals surface area contributed by atoms with Gasteiger partial charge in [0.05, 0.1) is 6.42 Å². The second kappa shape index (κ2) is 7.02. The molecule has 0 amide bonds. The number of allylic oxidation sites excluding steroid dienone is 3. The topological polar surface area (TPSA) is 49.3 Å². The number of carboxylic acid groups (broad SMARTS) is 1. The largest absolute Gasteiger partial charge is 0.481 e. The number of nitrogens with one attached hydrogen (secondary N) is 1. The van der Waals surface area contributed by atoms with Crippen LogP contribution in [0.1, 0.15) is 31.4 Å². The SMILES string of the molecule is C[C@@]1(CN[C@H](CC(=O)O)c2ccc3ccccc3c2)C=CC=CC1. The summed E-state index contributed by atoms with van der Waals surface area (Å²) in [5, 5.41) is 15.1. The fourth-order valence-electron chi connectivity index (χ4n) is 3.17. The van der Waals surface area contributed by atoms with Crippen molar-refractivity contribution in [2.75, 3.05) is 6.54 Å². The van der Waals surface area contributed by atoms with Crippen molar-refractivity contribution in [2.45, 2.75) is 25.8 Å². The number of benzene rings is 2. The number of carbonyl (C=O) groups is 1. The lowest BCUT2D eigenvalue weighted by atomic mass is 9.83. The predicted octanol–water partition coefficient (Wildman–Crippen LogP) is 4.47. The van der Waals surface area contributed by atoms with Gasteiger partial charge in [0, 0.05) is 18.0 Å². The van der Waals surface area contributed by atoms with E-state index >= 15 is 0 Å². The summed E-state index contributed by atoms with van der Waals surface area (Å²) in [5.74, 6) is -0.787. The van der Waals surface area contributed by atoms with Crippen LogP contribution in [0.15, 0.2) is 66.8 Å². The number of aliphatic carboxylic acids is 1. The van der Waals surface area contributed by atoms with E-state index in [1.54, 1.807) is 0 Å². The minimum atomic E-state index is -0.787. The van der Waals surface area contributed by atoms with Crippen LogP contribution in [0.3, 0.4) is 0 Å². The van der Waals surface area contributed by atoms with Gasteiger partial charge in [-0.05, 0) is 28.8 Å². The molecule has 2 aromatic rings. The van der Waals surface area contributed by atoms with Crippen molar-refractivity contribution in [1.29, 1.82) is 0 Å². The van der Waals surface area contributed by atoms with E-state index < -0.39 is 5.97 Å². The summed E-state index contributed by atoms with van der Waals surface area (Å²) in [6, 6.07) is 14.1. The number of hydrogen-bond donors (Lipinski definition) is 2. The van der Waals surface area contributed by atoms with Gasteiger partial charge in [-0.25, -0.2) is 0 Å². The normalized spacial score (nSPS) is 21.0. The maximum absolute atomic E-state index is 11.3. The molecule has 1 aliphatic carbocycles. The molecule has 0 unspecified atom stereocenters. The first kappa shape index (κ1) is 16.5. The maximum Gasteiger partial charge on any atom is 0.305 e. The molecule has 0 aromatic heterocycles. The van der Waals surface area contributed by atoms with Crippen molar-refractivity contribution in [3.8, 4) is 0 Å². The van der Waals surface area contributed by atoms with E-state index in [-0.39, 0.29) is 17.9 Å². The minimum absolute atomic E-state index is 0.0301. The standard InChI is InChI=1S/C21H23NO2/c1-21(11-5-2-6-12-21)15-22-19(14-20(23)24)18-10-9-16-7-3-4-8-17(16)13-18/h2-11,13,19,22H,12,14-15H2,1H3,(H,23,24)/t19-,21-/m1/s1. The van der Waals surface area contributed by atoms with E-state index in [4.69, 9.17) is 0 Å². The van der Waals surface area contributed by atoms with Crippen LogP contribution < -0.4 is 5.32 Å². The van der Waals surface area contributed by atoms with Crippen molar-refractivity contribution in [1.82, 2.24) is 5.32 Å². The highest BCUT2D eigenvalue weighted by Gasteiger charge is 2.24. The highest BCUT2D eigenvalue weighted by molar-refractivity contribution is 5.83. The Balaban J connectivity index is 1.80. The van der Waals surface area contributed by atoms with Crippen molar-refractivity contribution in [2.24, 2.45) is 5.41 Å². The summed E-state index contributed by atoms with van der Waals surface area (Å²) in [4.78, 5) is 11.3. The number of fused-ring (bicyclic) bond motifs is 1. The molecule has 124 valence electrons. The zero-order chi connectivity index (χ0) is 17.0. The molecular formula is C21H23NO2. The second-order valence-electron chi connectivity index (χ2n) is 6.78. The highest BCUT2D eigenvalue weighted by Crippen LogP contribution is 2.28. The number of hydrogen-bond acceptors (Lipinski definition) is 2. The first-order valence-corrected chi connectivity index (χ1v) is 8.34. The van der Waals surface area contributed by atoms with E-state index in [0.29, 0.717) is 0 Å². The van der Waals surface area contributed by atoms with Gasteiger partial charge in [0.2, 0.25) is 0 Å². The summed E-state index contributed by atoms with van der Waals surface area (Å²) in [7, 11) is 0. The van der Waals surface area contributed by atoms with Crippen molar-refractivity contribution in [3.63, 3.8) is 0 Å². The van der Waals surface area contributed by atoms with Gasteiger partial charge in [-0.3, -0.25) is 4.79 Å². The molecule has 0 heterocycles. The Morgan fingerprint density at radius 1 is 1.21 bits per heavy atom. The van der Waals surface area contributed by atoms with Crippen LogP contribution in [-0.2, 0) is 4.79 Å². The highest BCUT2D eigenvalue weighted by atomic mass is 16.4. The van der Waals surface area contributed by atoms with Crippen LogP contribution in [0, 0.1) is 5.41 Å². The molecule has 0 bridgehead atoms. The van der Waals surface area contributed by atoms with Gasteiger partial charge in [0.1, 0.15) is 0 Å². The Bertz CT molecular complexity index is 793. The van der Waals surface area contributed by atoms with E-state index in [2.05, 4.69) is 60.8 Å². The zero-order valence-electron chi connectivity index (χ0n) is 13.9. The van der Waals surface area contributed by atoms with Crippen molar-refractivity contribution >= 4 is 16.7 Å². The maximum atomic E-state index is 11.3. The summed E-state index contributed by atoms with van der Waals surface area (Å²) >= 11 is 0. The van der Waals surface area contributed by atoms with Crippen LogP contribution in [0.4, 0.5) is 0 Å². The monoisotopic (exact) mass is 321 g/mol. The quantitative estimate of drug-likeness (QED) is 0.825. The Morgan fingerprint density at radius 2 is 2.00 bits per heavy atom. The van der Waals surface area contributed by atoms with E-state index in [9.17, 15) is 9.90 Å². The molecule has 0 aliphatic heterocycles. The van der Waals surface area contributed by atoms with Crippen LogP contribution in [0.2, 0.25) is 0 Å². The smallest absolute Gasteiger partial charge is 0.305 e. The van der Waals surface area contributed by atoms with Crippen LogP contribution in [0.5, 0.6) is 0 Å². The zero-order valence-corrected chi connectivity index (χ0v) is 13.9. The van der Waals surface area contributed by atoms with Crippen molar-refractivity contribution < 1.29 is 9.90 Å². The second-order valence-corrected chi connectivity index (χ2v) is 6.78. The molecule has 2 atom stereocenters. The molecule has 0 fully saturated rings. The molecule has 3 heteroatoms. The molecule has 2 aromatic carbocycles. The van der Waals surface area contributed by atoms with Gasteiger partial charge >= 0.3 is 5.97 Å². The third kappa shape index (κ3) is 3.92. The molecular weight excluding hydrogens is 298 g/mol. The molecule has 0 spiro atoms. The Labute approximate surface area is 142 Å². The van der Waals surface area contributed by atoms with Crippen LogP contribution in [0.25, 0.3) is 10.8 Å². The van der Waals surface area contributed by atoms with Gasteiger partial charge in [0.25, 0.3) is 0 Å². The van der Waals surface area contributed by atoms with Gasteiger partial charge < -0.3 is 10.4 Å². The first-order chi connectivity index (χ1) is 11.6. The Kier molecular flexibility index (Phi) is 4.81. The molecule has 3 rings (SSSR count). The molecule has 0 saturated carbocycles. The fraction of sp³-hybridized carbons (Fsp3) is 0.286. The Morgan fingerprint density at radius 3 is 2.71 bits per heavy atom. The van der Waals surface area contributed by atoms with Gasteiger partial charge in [-0.1, -0.05) is 67.6 Å².